The van der Waals surface area contributed by atoms with Crippen molar-refractivity contribution in [2.45, 2.75) is 24.2 Å². The van der Waals surface area contributed by atoms with Gasteiger partial charge in [-0.1, -0.05) is 133 Å². The Morgan fingerprint density at radius 1 is 0.304 bits per heavy atom. The van der Waals surface area contributed by atoms with Gasteiger partial charge in [-0.05, 0) is 35.4 Å². The maximum absolute atomic E-state index is 15.5. The van der Waals surface area contributed by atoms with Crippen LogP contribution in [0.2, 0.25) is 0 Å². The maximum Gasteiger partial charge on any atom is 0.128 e. The van der Waals surface area contributed by atoms with Crippen molar-refractivity contribution in [1.29, 1.82) is 0 Å². The van der Waals surface area contributed by atoms with Crippen molar-refractivity contribution >= 4 is 0 Å². The highest BCUT2D eigenvalue weighted by Crippen LogP contribution is 2.38. The summed E-state index contributed by atoms with van der Waals surface area (Å²) in [5.41, 5.74) is 2.67. The third kappa shape index (κ3) is 6.79. The van der Waals surface area contributed by atoms with E-state index in [1.165, 1.54) is 24.3 Å². The van der Waals surface area contributed by atoms with Gasteiger partial charge in [-0.3, -0.25) is 10.6 Å². The summed E-state index contributed by atoms with van der Waals surface area (Å²) >= 11 is 0. The zero-order valence-electron chi connectivity index (χ0n) is 24.8. The van der Waals surface area contributed by atoms with E-state index in [1.807, 2.05) is 60.7 Å². The van der Waals surface area contributed by atoms with E-state index in [-0.39, 0.29) is 22.3 Å². The van der Waals surface area contributed by atoms with E-state index in [0.717, 1.165) is 11.1 Å². The van der Waals surface area contributed by atoms with Gasteiger partial charge < -0.3 is 0 Å². The second kappa shape index (κ2) is 14.4. The normalized spacial score (nSPS) is 12.7. The summed E-state index contributed by atoms with van der Waals surface area (Å²) in [4.78, 5) is 0. The van der Waals surface area contributed by atoms with E-state index >= 15 is 17.6 Å². The molecule has 0 saturated carbocycles. The van der Waals surface area contributed by atoms with Crippen molar-refractivity contribution in [1.82, 2.24) is 10.6 Å². The average molecular weight is 617 g/mol. The summed E-state index contributed by atoms with van der Waals surface area (Å²) in [5.74, 6) is -1.96. The molecule has 6 heteroatoms. The summed E-state index contributed by atoms with van der Waals surface area (Å²) in [7, 11) is 0. The monoisotopic (exact) mass is 616 g/mol. The van der Waals surface area contributed by atoms with E-state index in [9.17, 15) is 0 Å². The molecule has 6 aromatic rings. The minimum atomic E-state index is -0.916. The van der Waals surface area contributed by atoms with Crippen LogP contribution < -0.4 is 10.6 Å². The summed E-state index contributed by atoms with van der Waals surface area (Å²) in [6, 6.07) is 41.1. The summed E-state index contributed by atoms with van der Waals surface area (Å²) in [5, 5.41) is 7.18. The molecule has 0 amide bonds. The fourth-order valence-electron chi connectivity index (χ4n) is 5.98. The largest absolute Gasteiger partial charge is 0.297 e. The molecule has 6 rings (SSSR count). The Morgan fingerprint density at radius 3 is 0.804 bits per heavy atom. The van der Waals surface area contributed by atoms with E-state index in [0.29, 0.717) is 0 Å². The average Bonchev–Trinajstić information content (AvgIpc) is 3.09. The number of nitrogens with one attached hydrogen (secondary N) is 2. The number of rotatable bonds is 11. The van der Waals surface area contributed by atoms with Crippen LogP contribution in [0.5, 0.6) is 0 Å². The Labute approximate surface area is 266 Å². The van der Waals surface area contributed by atoms with Gasteiger partial charge in [0.1, 0.15) is 23.3 Å². The lowest BCUT2D eigenvalue weighted by molar-refractivity contribution is 0.335. The summed E-state index contributed by atoms with van der Waals surface area (Å²) < 4.78 is 62.1. The van der Waals surface area contributed by atoms with Crippen LogP contribution in [0, 0.1) is 23.3 Å². The molecule has 230 valence electrons. The standard InChI is InChI=1S/C40H32F4N2/c41-33-23-11-7-19-29(33)39(30-20-8-12-24-34(30)42)45-37(27-15-3-1-4-16-27)38(28-17-5-2-6-18-28)46-40(31-21-9-13-25-35(31)43)32-22-10-14-26-36(32)44/h1-26,37-40,45-46H/t37-,38-/m0/s1. The lowest BCUT2D eigenvalue weighted by Gasteiger charge is -2.36. The SMILES string of the molecule is Fc1ccccc1C(N[C@@H](c1ccccc1)[C@@H](NC(c1ccccc1F)c1ccccc1F)c1ccccc1)c1ccccc1F. The van der Waals surface area contributed by atoms with E-state index in [1.54, 1.807) is 72.8 Å². The van der Waals surface area contributed by atoms with Gasteiger partial charge in [0.15, 0.2) is 0 Å². The summed E-state index contributed by atoms with van der Waals surface area (Å²) in [6.07, 6.45) is 0. The topological polar surface area (TPSA) is 24.1 Å². The van der Waals surface area contributed by atoms with Crippen LogP contribution in [0.1, 0.15) is 57.5 Å². The fourth-order valence-corrected chi connectivity index (χ4v) is 5.98. The van der Waals surface area contributed by atoms with Crippen molar-refractivity contribution in [2.75, 3.05) is 0 Å². The Bertz CT molecular complexity index is 1650. The smallest absolute Gasteiger partial charge is 0.128 e. The second-order valence-electron chi connectivity index (χ2n) is 11.1. The van der Waals surface area contributed by atoms with Crippen molar-refractivity contribution in [2.24, 2.45) is 0 Å². The summed E-state index contributed by atoms with van der Waals surface area (Å²) in [6.45, 7) is 0. The molecule has 0 spiro atoms. The van der Waals surface area contributed by atoms with Gasteiger partial charge in [-0.2, -0.15) is 0 Å². The molecule has 2 N–H and O–H groups in total. The molecule has 0 aliphatic carbocycles. The Kier molecular flexibility index (Phi) is 9.68. The first-order valence-corrected chi connectivity index (χ1v) is 15.1. The molecule has 2 nitrogen and oxygen atoms in total. The first-order valence-electron chi connectivity index (χ1n) is 15.1. The van der Waals surface area contributed by atoms with Gasteiger partial charge in [0.25, 0.3) is 0 Å². The van der Waals surface area contributed by atoms with Gasteiger partial charge in [0, 0.05) is 22.3 Å². The highest BCUT2D eigenvalue weighted by atomic mass is 19.1. The molecule has 6 aromatic carbocycles. The number of halogens is 4. The fraction of sp³-hybridized carbons (Fsp3) is 0.100. The highest BCUT2D eigenvalue weighted by molar-refractivity contribution is 5.38. The van der Waals surface area contributed by atoms with E-state index in [2.05, 4.69) is 10.6 Å². The van der Waals surface area contributed by atoms with Gasteiger partial charge in [-0.15, -0.1) is 0 Å². The molecule has 0 radical (unpaired) electrons. The molecule has 0 unspecified atom stereocenters. The van der Waals surface area contributed by atoms with E-state index < -0.39 is 47.4 Å². The number of hydrogen-bond donors (Lipinski definition) is 2. The van der Waals surface area contributed by atoms with Crippen molar-refractivity contribution in [3.63, 3.8) is 0 Å². The number of hydrogen-bond acceptors (Lipinski definition) is 2. The zero-order chi connectivity index (χ0) is 31.9. The predicted molar refractivity (Wildman–Crippen MR) is 174 cm³/mol. The molecular weight excluding hydrogens is 584 g/mol. The molecule has 0 heterocycles. The lowest BCUT2D eigenvalue weighted by atomic mass is 9.88. The van der Waals surface area contributed by atoms with Gasteiger partial charge >= 0.3 is 0 Å². The molecular formula is C40H32F4N2. The minimum Gasteiger partial charge on any atom is -0.297 e. The molecule has 0 fully saturated rings. The molecule has 2 atom stereocenters. The second-order valence-corrected chi connectivity index (χ2v) is 11.1. The lowest BCUT2D eigenvalue weighted by Crippen LogP contribution is -2.40. The Balaban J connectivity index is 1.55. The van der Waals surface area contributed by atoms with Crippen LogP contribution in [-0.4, -0.2) is 0 Å². The number of benzene rings is 6. The Morgan fingerprint density at radius 2 is 0.543 bits per heavy atom. The van der Waals surface area contributed by atoms with Crippen LogP contribution >= 0.6 is 0 Å². The van der Waals surface area contributed by atoms with Crippen molar-refractivity contribution < 1.29 is 17.6 Å². The molecule has 0 aliphatic heterocycles. The van der Waals surface area contributed by atoms with Gasteiger partial charge in [0.2, 0.25) is 0 Å². The first-order chi connectivity index (χ1) is 22.5. The van der Waals surface area contributed by atoms with E-state index in [4.69, 9.17) is 0 Å². The molecule has 0 aliphatic rings. The third-order valence-corrected chi connectivity index (χ3v) is 8.21. The van der Waals surface area contributed by atoms with Crippen LogP contribution in [0.15, 0.2) is 158 Å². The quantitative estimate of drug-likeness (QED) is 0.142. The van der Waals surface area contributed by atoms with Crippen LogP contribution in [-0.2, 0) is 0 Å². The minimum absolute atomic E-state index is 0.264. The maximum atomic E-state index is 15.5. The molecule has 0 bridgehead atoms. The van der Waals surface area contributed by atoms with Gasteiger partial charge in [0.05, 0.1) is 24.2 Å². The van der Waals surface area contributed by atoms with Crippen LogP contribution in [0.4, 0.5) is 17.6 Å². The molecule has 0 saturated heterocycles. The predicted octanol–water partition coefficient (Wildman–Crippen LogP) is 9.78. The molecule has 0 aromatic heterocycles. The third-order valence-electron chi connectivity index (χ3n) is 8.21. The highest BCUT2D eigenvalue weighted by Gasteiger charge is 2.33. The Hall–Kier alpha value is -5.04. The molecule has 46 heavy (non-hydrogen) atoms. The van der Waals surface area contributed by atoms with Gasteiger partial charge in [-0.25, -0.2) is 17.6 Å². The first kappa shape index (κ1) is 31.0. The van der Waals surface area contributed by atoms with Crippen molar-refractivity contribution in [3.05, 3.63) is 214 Å². The zero-order valence-corrected chi connectivity index (χ0v) is 24.8. The van der Waals surface area contributed by atoms with Crippen molar-refractivity contribution in [3.8, 4) is 0 Å². The van der Waals surface area contributed by atoms with Crippen LogP contribution in [0.3, 0.4) is 0 Å². The van der Waals surface area contributed by atoms with Crippen LogP contribution in [0.25, 0.3) is 0 Å².